The van der Waals surface area contributed by atoms with E-state index in [1.165, 1.54) is 19.3 Å². The van der Waals surface area contributed by atoms with E-state index in [0.29, 0.717) is 13.2 Å². The number of hydrogen-bond acceptors (Lipinski definition) is 4. The molecule has 18 heavy (non-hydrogen) atoms. The number of rotatable bonds is 12. The molecule has 0 aromatic carbocycles. The Labute approximate surface area is 110 Å². The van der Waals surface area contributed by atoms with Crippen LogP contribution in [-0.2, 0) is 9.53 Å². The smallest absolute Gasteiger partial charge is 0.335 e. The zero-order valence-corrected chi connectivity index (χ0v) is 11.2. The van der Waals surface area contributed by atoms with E-state index in [0.717, 1.165) is 32.1 Å². The van der Waals surface area contributed by atoms with Gasteiger partial charge in [0.25, 0.3) is 0 Å². The molecule has 0 saturated carbocycles. The summed E-state index contributed by atoms with van der Waals surface area (Å²) in [7, 11) is 0. The van der Waals surface area contributed by atoms with Gasteiger partial charge in [-0.25, -0.2) is 4.79 Å². The topological polar surface area (TPSA) is 66.8 Å². The molecule has 0 spiro atoms. The highest BCUT2D eigenvalue weighted by Gasteiger charge is 2.05. The highest BCUT2D eigenvalue weighted by Crippen LogP contribution is 2.08. The first kappa shape index (κ1) is 17.1. The lowest BCUT2D eigenvalue weighted by molar-refractivity contribution is -0.139. The summed E-state index contributed by atoms with van der Waals surface area (Å²) in [5, 5.41) is 17.3. The number of hydrogen-bond donors (Lipinski definition) is 2. The fourth-order valence-corrected chi connectivity index (χ4v) is 1.61. The molecule has 4 nitrogen and oxygen atoms in total. The molecule has 0 aliphatic carbocycles. The second kappa shape index (κ2) is 12.6. The minimum atomic E-state index is -0.499. The Balaban J connectivity index is 3.16. The fraction of sp³-hybridized carbons (Fsp3) is 0.786. The van der Waals surface area contributed by atoms with E-state index in [2.05, 4.69) is 6.58 Å². The second-order valence-corrected chi connectivity index (χ2v) is 4.45. The molecule has 0 aromatic rings. The summed E-state index contributed by atoms with van der Waals surface area (Å²) in [5.74, 6) is -0.499. The summed E-state index contributed by atoms with van der Waals surface area (Å²) in [6.07, 6.45) is 8.68. The number of unbranched alkanes of at least 4 members (excludes halogenated alkanes) is 7. The Morgan fingerprint density at radius 2 is 1.39 bits per heavy atom. The van der Waals surface area contributed by atoms with Crippen LogP contribution in [0.3, 0.4) is 0 Å². The molecule has 0 bridgehead atoms. The second-order valence-electron chi connectivity index (χ2n) is 4.45. The Kier molecular flexibility index (Phi) is 12.0. The predicted octanol–water partition coefficient (Wildman–Crippen LogP) is 2.19. The number of esters is 1. The van der Waals surface area contributed by atoms with E-state index in [-0.39, 0.29) is 12.2 Å². The number of ether oxygens (including phenoxy) is 1. The van der Waals surface area contributed by atoms with Crippen molar-refractivity contribution < 1.29 is 19.7 Å². The zero-order valence-electron chi connectivity index (χ0n) is 11.2. The summed E-state index contributed by atoms with van der Waals surface area (Å²) in [5.41, 5.74) is 0.110. The maximum Gasteiger partial charge on any atom is 0.335 e. The van der Waals surface area contributed by atoms with Crippen molar-refractivity contribution in [3.8, 4) is 0 Å². The van der Waals surface area contributed by atoms with Crippen molar-refractivity contribution in [2.75, 3.05) is 19.8 Å². The van der Waals surface area contributed by atoms with Crippen LogP contribution in [0.25, 0.3) is 0 Å². The van der Waals surface area contributed by atoms with Crippen LogP contribution in [-0.4, -0.2) is 36.0 Å². The van der Waals surface area contributed by atoms with Crippen molar-refractivity contribution in [1.29, 1.82) is 0 Å². The Hall–Kier alpha value is -0.870. The van der Waals surface area contributed by atoms with Crippen molar-refractivity contribution in [3.63, 3.8) is 0 Å². The molecule has 0 fully saturated rings. The molecule has 0 saturated heterocycles. The van der Waals surface area contributed by atoms with Crippen LogP contribution >= 0.6 is 0 Å². The largest absolute Gasteiger partial charge is 0.462 e. The molecular formula is C14H26O4. The number of carbonyl (C=O) groups is 1. The van der Waals surface area contributed by atoms with Gasteiger partial charge in [0.15, 0.2) is 0 Å². The standard InChI is InChI=1S/C14H26O4/c1-13(12-16)14(17)18-11-9-7-5-3-2-4-6-8-10-15/h15-16H,1-12H2. The van der Waals surface area contributed by atoms with E-state index < -0.39 is 5.97 Å². The van der Waals surface area contributed by atoms with Crippen LogP contribution < -0.4 is 0 Å². The maximum atomic E-state index is 11.1. The lowest BCUT2D eigenvalue weighted by Gasteiger charge is -2.05. The molecule has 0 aromatic heterocycles. The van der Waals surface area contributed by atoms with Crippen LogP contribution in [0.15, 0.2) is 12.2 Å². The molecule has 0 heterocycles. The van der Waals surface area contributed by atoms with Crippen molar-refractivity contribution >= 4 is 5.97 Å². The molecule has 0 unspecified atom stereocenters. The summed E-state index contributed by atoms with van der Waals surface area (Å²) in [6.45, 7) is 3.76. The third-order valence-electron chi connectivity index (χ3n) is 2.77. The highest BCUT2D eigenvalue weighted by atomic mass is 16.5. The Morgan fingerprint density at radius 1 is 0.889 bits per heavy atom. The Morgan fingerprint density at radius 3 is 1.89 bits per heavy atom. The number of aliphatic hydroxyl groups is 2. The van der Waals surface area contributed by atoms with Gasteiger partial charge < -0.3 is 14.9 Å². The molecule has 4 heteroatoms. The maximum absolute atomic E-state index is 11.1. The summed E-state index contributed by atoms with van der Waals surface area (Å²) in [6, 6.07) is 0. The van der Waals surface area contributed by atoms with E-state index in [1.807, 2.05) is 0 Å². The number of carbonyl (C=O) groups excluding carboxylic acids is 1. The average Bonchev–Trinajstić information content (AvgIpc) is 2.39. The van der Waals surface area contributed by atoms with Gasteiger partial charge in [0.2, 0.25) is 0 Å². The van der Waals surface area contributed by atoms with Gasteiger partial charge in [0, 0.05) is 6.61 Å². The van der Waals surface area contributed by atoms with Crippen LogP contribution in [0.2, 0.25) is 0 Å². The molecule has 0 radical (unpaired) electrons. The number of aliphatic hydroxyl groups excluding tert-OH is 2. The molecule has 0 aliphatic rings. The third kappa shape index (κ3) is 10.3. The molecule has 2 N–H and O–H groups in total. The molecule has 0 aliphatic heterocycles. The fourth-order valence-electron chi connectivity index (χ4n) is 1.61. The van der Waals surface area contributed by atoms with Gasteiger partial charge in [0.05, 0.1) is 18.8 Å². The minimum absolute atomic E-state index is 0.110. The Bertz CT molecular complexity index is 226. The molecular weight excluding hydrogens is 232 g/mol. The predicted molar refractivity (Wildman–Crippen MR) is 71.2 cm³/mol. The summed E-state index contributed by atoms with van der Waals surface area (Å²) in [4.78, 5) is 11.1. The first-order chi connectivity index (χ1) is 8.72. The monoisotopic (exact) mass is 258 g/mol. The van der Waals surface area contributed by atoms with Crippen LogP contribution in [0.1, 0.15) is 51.4 Å². The van der Waals surface area contributed by atoms with E-state index in [9.17, 15) is 4.79 Å². The first-order valence-corrected chi connectivity index (χ1v) is 6.79. The first-order valence-electron chi connectivity index (χ1n) is 6.79. The molecule has 0 atom stereocenters. The van der Waals surface area contributed by atoms with Crippen LogP contribution in [0, 0.1) is 0 Å². The SMILES string of the molecule is C=C(CO)C(=O)OCCCCCCCCCCO. The minimum Gasteiger partial charge on any atom is -0.462 e. The van der Waals surface area contributed by atoms with Crippen LogP contribution in [0.5, 0.6) is 0 Å². The molecule has 0 amide bonds. The zero-order chi connectivity index (χ0) is 13.6. The van der Waals surface area contributed by atoms with Gasteiger partial charge in [0.1, 0.15) is 0 Å². The van der Waals surface area contributed by atoms with Gasteiger partial charge in [-0.05, 0) is 12.8 Å². The molecule has 106 valence electrons. The average molecular weight is 258 g/mol. The summed E-state index contributed by atoms with van der Waals surface area (Å²) >= 11 is 0. The summed E-state index contributed by atoms with van der Waals surface area (Å²) < 4.78 is 4.93. The molecule has 0 rings (SSSR count). The van der Waals surface area contributed by atoms with Gasteiger partial charge in [-0.3, -0.25) is 0 Å². The third-order valence-corrected chi connectivity index (χ3v) is 2.77. The van der Waals surface area contributed by atoms with Crippen molar-refractivity contribution in [2.45, 2.75) is 51.4 Å². The van der Waals surface area contributed by atoms with Gasteiger partial charge in [-0.1, -0.05) is 45.1 Å². The van der Waals surface area contributed by atoms with E-state index in [4.69, 9.17) is 14.9 Å². The van der Waals surface area contributed by atoms with Crippen molar-refractivity contribution in [1.82, 2.24) is 0 Å². The normalized spacial score (nSPS) is 10.3. The van der Waals surface area contributed by atoms with Crippen molar-refractivity contribution in [3.05, 3.63) is 12.2 Å². The highest BCUT2D eigenvalue weighted by molar-refractivity contribution is 5.87. The van der Waals surface area contributed by atoms with E-state index in [1.54, 1.807) is 0 Å². The lowest BCUT2D eigenvalue weighted by atomic mass is 10.1. The van der Waals surface area contributed by atoms with Gasteiger partial charge in [-0.15, -0.1) is 0 Å². The van der Waals surface area contributed by atoms with E-state index >= 15 is 0 Å². The lowest BCUT2D eigenvalue weighted by Crippen LogP contribution is -2.10. The quantitative estimate of drug-likeness (QED) is 0.320. The van der Waals surface area contributed by atoms with Crippen LogP contribution in [0.4, 0.5) is 0 Å². The van der Waals surface area contributed by atoms with Gasteiger partial charge >= 0.3 is 5.97 Å². The van der Waals surface area contributed by atoms with Gasteiger partial charge in [-0.2, -0.15) is 0 Å². The van der Waals surface area contributed by atoms with Crippen molar-refractivity contribution in [2.24, 2.45) is 0 Å².